The number of likely N-dealkylation sites (tertiary alicyclic amines) is 1. The molecular weight excluding hydrogens is 274 g/mol. The van der Waals surface area contributed by atoms with E-state index >= 15 is 0 Å². The number of nitrogens with zero attached hydrogens (tertiary/aromatic N) is 3. The monoisotopic (exact) mass is 297 g/mol. The van der Waals surface area contributed by atoms with E-state index in [1.165, 1.54) is 17.5 Å². The van der Waals surface area contributed by atoms with Crippen LogP contribution < -0.4 is 0 Å². The number of rotatable bonds is 3. The van der Waals surface area contributed by atoms with Gasteiger partial charge in [0.2, 0.25) is 0 Å². The van der Waals surface area contributed by atoms with Crippen molar-refractivity contribution in [2.75, 3.05) is 13.1 Å². The average Bonchev–Trinajstić information content (AvgIpc) is 2.97. The number of piperidine rings is 1. The molecule has 1 aromatic carbocycles. The van der Waals surface area contributed by atoms with Crippen LogP contribution in [0.1, 0.15) is 41.5 Å². The third-order valence-electron chi connectivity index (χ3n) is 4.45. The van der Waals surface area contributed by atoms with Gasteiger partial charge in [0.15, 0.2) is 5.82 Å². The second-order valence-corrected chi connectivity index (χ2v) is 6.30. The Morgan fingerprint density at radius 3 is 2.95 bits per heavy atom. The SMILES string of the molecule is Cc1ccccc1Cn1ccnc1C(=O)N1CCCC(C)C1. The molecule has 1 atom stereocenters. The predicted octanol–water partition coefficient (Wildman–Crippen LogP) is 3.11. The van der Waals surface area contributed by atoms with Gasteiger partial charge in [-0.1, -0.05) is 31.2 Å². The average molecular weight is 297 g/mol. The molecule has 4 nitrogen and oxygen atoms in total. The van der Waals surface area contributed by atoms with Gasteiger partial charge >= 0.3 is 0 Å². The molecule has 0 bridgehead atoms. The highest BCUT2D eigenvalue weighted by Gasteiger charge is 2.25. The second kappa shape index (κ2) is 6.34. The first-order chi connectivity index (χ1) is 10.6. The predicted molar refractivity (Wildman–Crippen MR) is 86.8 cm³/mol. The molecule has 0 spiro atoms. The van der Waals surface area contributed by atoms with Crippen molar-refractivity contribution in [2.24, 2.45) is 5.92 Å². The molecule has 22 heavy (non-hydrogen) atoms. The van der Waals surface area contributed by atoms with E-state index in [1.54, 1.807) is 6.20 Å². The zero-order valence-corrected chi connectivity index (χ0v) is 13.3. The number of hydrogen-bond donors (Lipinski definition) is 0. The van der Waals surface area contributed by atoms with Gasteiger partial charge in [0.25, 0.3) is 5.91 Å². The molecule has 4 heteroatoms. The lowest BCUT2D eigenvalue weighted by atomic mass is 10.0. The molecule has 0 radical (unpaired) electrons. The number of aromatic nitrogens is 2. The van der Waals surface area contributed by atoms with Gasteiger partial charge in [-0.15, -0.1) is 0 Å². The van der Waals surface area contributed by atoms with Gasteiger partial charge in [0.05, 0.1) is 0 Å². The molecule has 2 aromatic rings. The Labute approximate surface area is 131 Å². The van der Waals surface area contributed by atoms with E-state index in [0.717, 1.165) is 19.5 Å². The number of amides is 1. The Morgan fingerprint density at radius 1 is 1.36 bits per heavy atom. The highest BCUT2D eigenvalue weighted by molar-refractivity contribution is 5.91. The molecule has 0 saturated carbocycles. The summed E-state index contributed by atoms with van der Waals surface area (Å²) < 4.78 is 1.96. The maximum atomic E-state index is 12.7. The number of carbonyl (C=O) groups excluding carboxylic acids is 1. The zero-order chi connectivity index (χ0) is 15.5. The normalized spacial score (nSPS) is 18.5. The summed E-state index contributed by atoms with van der Waals surface area (Å²) in [4.78, 5) is 19.0. The van der Waals surface area contributed by atoms with Crippen LogP contribution >= 0.6 is 0 Å². The molecule has 2 heterocycles. The maximum Gasteiger partial charge on any atom is 0.289 e. The molecule has 1 fully saturated rings. The topological polar surface area (TPSA) is 38.1 Å². The number of imidazole rings is 1. The smallest absolute Gasteiger partial charge is 0.289 e. The Morgan fingerprint density at radius 2 is 2.18 bits per heavy atom. The summed E-state index contributed by atoms with van der Waals surface area (Å²) in [5.41, 5.74) is 2.46. The van der Waals surface area contributed by atoms with E-state index in [-0.39, 0.29) is 5.91 Å². The van der Waals surface area contributed by atoms with Crippen LogP contribution in [0.15, 0.2) is 36.7 Å². The second-order valence-electron chi connectivity index (χ2n) is 6.30. The van der Waals surface area contributed by atoms with Crippen molar-refractivity contribution in [1.82, 2.24) is 14.5 Å². The highest BCUT2D eigenvalue weighted by Crippen LogP contribution is 2.18. The van der Waals surface area contributed by atoms with Crippen LogP contribution in [0.3, 0.4) is 0 Å². The number of carbonyl (C=O) groups is 1. The summed E-state index contributed by atoms with van der Waals surface area (Å²) in [7, 11) is 0. The van der Waals surface area contributed by atoms with Crippen molar-refractivity contribution in [3.05, 3.63) is 53.6 Å². The van der Waals surface area contributed by atoms with Crippen molar-refractivity contribution < 1.29 is 4.79 Å². The summed E-state index contributed by atoms with van der Waals surface area (Å²) in [6.07, 6.45) is 5.92. The van der Waals surface area contributed by atoms with Crippen LogP contribution in [0.25, 0.3) is 0 Å². The Kier molecular flexibility index (Phi) is 4.27. The molecule has 3 rings (SSSR count). The van der Waals surface area contributed by atoms with Gasteiger partial charge < -0.3 is 9.47 Å². The van der Waals surface area contributed by atoms with Gasteiger partial charge in [-0.25, -0.2) is 4.98 Å². The molecule has 1 amide bonds. The molecule has 1 aliphatic heterocycles. The maximum absolute atomic E-state index is 12.7. The summed E-state index contributed by atoms with van der Waals surface area (Å²) in [6.45, 7) is 6.69. The van der Waals surface area contributed by atoms with Gasteiger partial charge in [0, 0.05) is 32.0 Å². The third kappa shape index (κ3) is 3.06. The lowest BCUT2D eigenvalue weighted by molar-refractivity contribution is 0.0666. The van der Waals surface area contributed by atoms with E-state index in [4.69, 9.17) is 0 Å². The quantitative estimate of drug-likeness (QED) is 0.873. The summed E-state index contributed by atoms with van der Waals surface area (Å²) in [5.74, 6) is 1.19. The minimum Gasteiger partial charge on any atom is -0.336 e. The Bertz CT molecular complexity index is 662. The minimum absolute atomic E-state index is 0.0603. The van der Waals surface area contributed by atoms with E-state index in [1.807, 2.05) is 27.8 Å². The zero-order valence-electron chi connectivity index (χ0n) is 13.3. The first-order valence-electron chi connectivity index (χ1n) is 8.00. The van der Waals surface area contributed by atoms with E-state index < -0.39 is 0 Å². The Hall–Kier alpha value is -2.10. The van der Waals surface area contributed by atoms with Crippen molar-refractivity contribution in [3.8, 4) is 0 Å². The molecule has 1 aliphatic rings. The van der Waals surface area contributed by atoms with Crippen molar-refractivity contribution in [1.29, 1.82) is 0 Å². The fourth-order valence-corrected chi connectivity index (χ4v) is 3.12. The minimum atomic E-state index is 0.0603. The summed E-state index contributed by atoms with van der Waals surface area (Å²) >= 11 is 0. The van der Waals surface area contributed by atoms with Crippen LogP contribution in [0.5, 0.6) is 0 Å². The van der Waals surface area contributed by atoms with E-state index in [2.05, 4.69) is 31.0 Å². The fourth-order valence-electron chi connectivity index (χ4n) is 3.12. The van der Waals surface area contributed by atoms with E-state index in [0.29, 0.717) is 18.3 Å². The summed E-state index contributed by atoms with van der Waals surface area (Å²) in [6, 6.07) is 8.27. The molecule has 0 N–H and O–H groups in total. The first kappa shape index (κ1) is 14.8. The van der Waals surface area contributed by atoms with E-state index in [9.17, 15) is 4.79 Å². The third-order valence-corrected chi connectivity index (χ3v) is 4.45. The van der Waals surface area contributed by atoms with Crippen LogP contribution in [0.4, 0.5) is 0 Å². The molecule has 1 aromatic heterocycles. The highest BCUT2D eigenvalue weighted by atomic mass is 16.2. The van der Waals surface area contributed by atoms with Crippen molar-refractivity contribution in [3.63, 3.8) is 0 Å². The van der Waals surface area contributed by atoms with Gasteiger partial charge in [-0.2, -0.15) is 0 Å². The summed E-state index contributed by atoms with van der Waals surface area (Å²) in [5, 5.41) is 0. The molecule has 0 aliphatic carbocycles. The van der Waals surface area contributed by atoms with Crippen LogP contribution in [0, 0.1) is 12.8 Å². The van der Waals surface area contributed by atoms with Crippen LogP contribution in [-0.2, 0) is 6.54 Å². The van der Waals surface area contributed by atoms with Crippen molar-refractivity contribution in [2.45, 2.75) is 33.2 Å². The number of hydrogen-bond acceptors (Lipinski definition) is 2. The molecule has 1 unspecified atom stereocenters. The molecular formula is C18H23N3O. The largest absolute Gasteiger partial charge is 0.336 e. The fraction of sp³-hybridized carbons (Fsp3) is 0.444. The van der Waals surface area contributed by atoms with Crippen LogP contribution in [0.2, 0.25) is 0 Å². The van der Waals surface area contributed by atoms with Gasteiger partial charge in [-0.05, 0) is 36.8 Å². The number of aryl methyl sites for hydroxylation is 1. The van der Waals surface area contributed by atoms with Gasteiger partial charge in [-0.3, -0.25) is 4.79 Å². The van der Waals surface area contributed by atoms with Crippen molar-refractivity contribution >= 4 is 5.91 Å². The van der Waals surface area contributed by atoms with Gasteiger partial charge in [0.1, 0.15) is 0 Å². The standard InChI is InChI=1S/C18H23N3O/c1-14-6-5-10-21(12-14)18(22)17-19-9-11-20(17)13-16-8-4-3-7-15(16)2/h3-4,7-9,11,14H,5-6,10,12-13H2,1-2H3. The molecule has 116 valence electrons. The van der Waals surface area contributed by atoms with Crippen LogP contribution in [-0.4, -0.2) is 33.4 Å². The lowest BCUT2D eigenvalue weighted by Gasteiger charge is -2.30. The Balaban J connectivity index is 1.80. The first-order valence-corrected chi connectivity index (χ1v) is 8.00. The number of benzene rings is 1. The lowest BCUT2D eigenvalue weighted by Crippen LogP contribution is -2.40. The molecule has 1 saturated heterocycles.